The van der Waals surface area contributed by atoms with E-state index in [2.05, 4.69) is 38.3 Å². The van der Waals surface area contributed by atoms with Crippen molar-refractivity contribution in [1.82, 2.24) is 4.98 Å². The van der Waals surface area contributed by atoms with E-state index in [0.717, 1.165) is 37.3 Å². The number of aryl methyl sites for hydroxylation is 1. The Morgan fingerprint density at radius 2 is 1.95 bits per heavy atom. The minimum atomic E-state index is 0.0914. The van der Waals surface area contributed by atoms with E-state index >= 15 is 0 Å². The molecule has 0 atom stereocenters. The van der Waals surface area contributed by atoms with Crippen LogP contribution in [0.5, 0.6) is 5.75 Å². The number of thiazole rings is 1. The van der Waals surface area contributed by atoms with Gasteiger partial charge in [0.05, 0.1) is 17.3 Å². The molecular weight excluding hydrogens is 292 g/mol. The molecule has 0 radical (unpaired) electrons. The monoisotopic (exact) mass is 318 g/mol. The molecule has 0 spiro atoms. The Kier molecular flexibility index (Phi) is 5.98. The summed E-state index contributed by atoms with van der Waals surface area (Å²) in [5.74, 6) is 0.947. The first-order chi connectivity index (χ1) is 10.5. The highest BCUT2D eigenvalue weighted by Crippen LogP contribution is 2.31. The summed E-state index contributed by atoms with van der Waals surface area (Å²) >= 11 is 1.74. The van der Waals surface area contributed by atoms with Gasteiger partial charge < -0.3 is 10.5 Å². The predicted octanol–water partition coefficient (Wildman–Crippen LogP) is 4.09. The van der Waals surface area contributed by atoms with Gasteiger partial charge in [0.2, 0.25) is 0 Å². The molecule has 0 aliphatic heterocycles. The zero-order valence-electron chi connectivity index (χ0n) is 13.8. The van der Waals surface area contributed by atoms with Crippen LogP contribution < -0.4 is 10.5 Å². The number of ether oxygens (including phenoxy) is 1. The third-order valence-electron chi connectivity index (χ3n) is 3.77. The fraction of sp³-hybridized carbons (Fsp3) is 0.500. The number of hydrogen-bond donors (Lipinski definition) is 1. The van der Waals surface area contributed by atoms with Crippen LogP contribution >= 0.6 is 11.3 Å². The van der Waals surface area contributed by atoms with E-state index in [-0.39, 0.29) is 5.41 Å². The molecule has 2 N–H and O–H groups in total. The highest BCUT2D eigenvalue weighted by molar-refractivity contribution is 7.09. The average Bonchev–Trinajstić information content (AvgIpc) is 2.95. The lowest BCUT2D eigenvalue weighted by Crippen LogP contribution is -2.18. The Labute approximate surface area is 137 Å². The maximum absolute atomic E-state index is 5.80. The molecule has 1 aromatic heterocycles. The first kappa shape index (κ1) is 17.0. The molecule has 4 heteroatoms. The van der Waals surface area contributed by atoms with Crippen LogP contribution in [-0.2, 0) is 11.8 Å². The summed E-state index contributed by atoms with van der Waals surface area (Å²) in [6.07, 6.45) is 2.95. The second kappa shape index (κ2) is 7.75. The normalized spacial score (nSPS) is 11.6. The largest absolute Gasteiger partial charge is 0.494 e. The van der Waals surface area contributed by atoms with Crippen molar-refractivity contribution in [3.8, 4) is 5.75 Å². The van der Waals surface area contributed by atoms with E-state index in [0.29, 0.717) is 6.54 Å². The van der Waals surface area contributed by atoms with Gasteiger partial charge in [-0.25, -0.2) is 4.98 Å². The summed E-state index contributed by atoms with van der Waals surface area (Å²) in [5.41, 5.74) is 8.05. The van der Waals surface area contributed by atoms with Crippen molar-refractivity contribution in [3.63, 3.8) is 0 Å². The summed E-state index contributed by atoms with van der Waals surface area (Å²) in [5, 5.41) is 3.33. The zero-order chi connectivity index (χ0) is 16.0. The molecule has 0 bridgehead atoms. The Balaban J connectivity index is 1.80. The van der Waals surface area contributed by atoms with E-state index in [1.165, 1.54) is 10.6 Å². The third-order valence-corrected chi connectivity index (χ3v) is 5.02. The minimum absolute atomic E-state index is 0.0914. The van der Waals surface area contributed by atoms with Crippen LogP contribution in [0.1, 0.15) is 43.0 Å². The fourth-order valence-corrected chi connectivity index (χ4v) is 3.34. The lowest BCUT2D eigenvalue weighted by atomic mass is 9.89. The van der Waals surface area contributed by atoms with Gasteiger partial charge in [-0.05, 0) is 38.4 Å². The van der Waals surface area contributed by atoms with Crippen molar-refractivity contribution in [2.75, 3.05) is 13.2 Å². The summed E-state index contributed by atoms with van der Waals surface area (Å²) in [4.78, 5) is 4.72. The maximum atomic E-state index is 5.80. The van der Waals surface area contributed by atoms with Gasteiger partial charge in [-0.2, -0.15) is 0 Å². The van der Waals surface area contributed by atoms with Gasteiger partial charge in [0.25, 0.3) is 0 Å². The molecule has 0 aliphatic rings. The van der Waals surface area contributed by atoms with Crippen molar-refractivity contribution >= 4 is 11.3 Å². The Morgan fingerprint density at radius 1 is 1.23 bits per heavy atom. The highest BCUT2D eigenvalue weighted by atomic mass is 32.1. The van der Waals surface area contributed by atoms with Crippen LogP contribution in [0.3, 0.4) is 0 Å². The van der Waals surface area contributed by atoms with E-state index in [4.69, 9.17) is 15.5 Å². The van der Waals surface area contributed by atoms with E-state index in [1.807, 2.05) is 12.1 Å². The number of hydrogen-bond acceptors (Lipinski definition) is 4. The Morgan fingerprint density at radius 3 is 2.64 bits per heavy atom. The van der Waals surface area contributed by atoms with Crippen molar-refractivity contribution < 1.29 is 4.74 Å². The molecule has 120 valence electrons. The van der Waals surface area contributed by atoms with Crippen LogP contribution in [0.4, 0.5) is 0 Å². The SMILES string of the molecule is Cc1ccc(OCCCC(C)(C)c2nc(CCN)cs2)cc1. The van der Waals surface area contributed by atoms with Crippen molar-refractivity contribution in [1.29, 1.82) is 0 Å². The van der Waals surface area contributed by atoms with Gasteiger partial charge in [-0.3, -0.25) is 0 Å². The second-order valence-electron chi connectivity index (χ2n) is 6.33. The van der Waals surface area contributed by atoms with Gasteiger partial charge in [0, 0.05) is 17.2 Å². The van der Waals surface area contributed by atoms with Crippen LogP contribution in [0.2, 0.25) is 0 Å². The molecule has 1 heterocycles. The number of nitrogens with zero attached hydrogens (tertiary/aromatic N) is 1. The minimum Gasteiger partial charge on any atom is -0.494 e. The van der Waals surface area contributed by atoms with E-state index in [1.54, 1.807) is 11.3 Å². The van der Waals surface area contributed by atoms with Gasteiger partial charge >= 0.3 is 0 Å². The topological polar surface area (TPSA) is 48.1 Å². The zero-order valence-corrected chi connectivity index (χ0v) is 14.6. The average molecular weight is 318 g/mol. The predicted molar refractivity (Wildman–Crippen MR) is 93.8 cm³/mol. The molecule has 2 aromatic rings. The standard InChI is InChI=1S/C18H26N2OS/c1-14-5-7-16(8-6-14)21-12-4-10-18(2,3)17-20-15(9-11-19)13-22-17/h5-8,13H,4,9-12,19H2,1-3H3. The van der Waals surface area contributed by atoms with E-state index in [9.17, 15) is 0 Å². The molecule has 0 unspecified atom stereocenters. The van der Waals surface area contributed by atoms with Gasteiger partial charge in [0.1, 0.15) is 5.75 Å². The van der Waals surface area contributed by atoms with Crippen molar-refractivity contribution in [2.45, 2.75) is 45.4 Å². The molecule has 22 heavy (non-hydrogen) atoms. The molecule has 0 saturated heterocycles. The quantitative estimate of drug-likeness (QED) is 0.746. The number of nitrogens with two attached hydrogens (primary N) is 1. The summed E-state index contributed by atoms with van der Waals surface area (Å²) in [6.45, 7) is 7.99. The smallest absolute Gasteiger partial charge is 0.119 e. The number of aromatic nitrogens is 1. The lowest BCUT2D eigenvalue weighted by Gasteiger charge is -2.21. The lowest BCUT2D eigenvalue weighted by molar-refractivity contribution is 0.289. The molecule has 1 aromatic carbocycles. The summed E-state index contributed by atoms with van der Waals surface area (Å²) < 4.78 is 5.80. The van der Waals surface area contributed by atoms with Crippen molar-refractivity contribution in [2.24, 2.45) is 5.73 Å². The molecule has 3 nitrogen and oxygen atoms in total. The fourth-order valence-electron chi connectivity index (χ4n) is 2.33. The van der Waals surface area contributed by atoms with Crippen LogP contribution in [-0.4, -0.2) is 18.1 Å². The molecule has 0 fully saturated rings. The van der Waals surface area contributed by atoms with E-state index < -0.39 is 0 Å². The number of benzene rings is 1. The maximum Gasteiger partial charge on any atom is 0.119 e. The summed E-state index contributed by atoms with van der Waals surface area (Å²) in [6, 6.07) is 8.21. The van der Waals surface area contributed by atoms with Crippen LogP contribution in [0.15, 0.2) is 29.6 Å². The van der Waals surface area contributed by atoms with Gasteiger partial charge in [-0.1, -0.05) is 31.5 Å². The molecular formula is C18H26N2OS. The molecule has 0 saturated carbocycles. The third kappa shape index (κ3) is 4.82. The molecule has 0 amide bonds. The Bertz CT molecular complexity index is 575. The highest BCUT2D eigenvalue weighted by Gasteiger charge is 2.23. The summed E-state index contributed by atoms with van der Waals surface area (Å²) in [7, 11) is 0. The van der Waals surface area contributed by atoms with Crippen LogP contribution in [0, 0.1) is 6.92 Å². The molecule has 0 aliphatic carbocycles. The first-order valence-electron chi connectivity index (χ1n) is 7.86. The second-order valence-corrected chi connectivity index (χ2v) is 7.19. The van der Waals surface area contributed by atoms with Crippen molar-refractivity contribution in [3.05, 3.63) is 45.9 Å². The first-order valence-corrected chi connectivity index (χ1v) is 8.73. The van der Waals surface area contributed by atoms with Crippen LogP contribution in [0.25, 0.3) is 0 Å². The molecule has 2 rings (SSSR count). The number of rotatable bonds is 8. The van der Waals surface area contributed by atoms with Gasteiger partial charge in [-0.15, -0.1) is 11.3 Å². The van der Waals surface area contributed by atoms with Gasteiger partial charge in [0.15, 0.2) is 0 Å². The Hall–Kier alpha value is -1.39.